The Balaban J connectivity index is 1.76. The van der Waals surface area contributed by atoms with E-state index in [1.54, 1.807) is 0 Å². The van der Waals surface area contributed by atoms with Crippen molar-refractivity contribution in [3.8, 4) is 0 Å². The number of hydrogen-bond donors (Lipinski definition) is 1. The Morgan fingerprint density at radius 3 is 2.54 bits per heavy atom. The van der Waals surface area contributed by atoms with Crippen molar-refractivity contribution in [2.45, 2.75) is 45.1 Å². The van der Waals surface area contributed by atoms with Gasteiger partial charge in [0.05, 0.1) is 0 Å². The van der Waals surface area contributed by atoms with Crippen molar-refractivity contribution in [2.24, 2.45) is 17.1 Å². The second-order valence-corrected chi connectivity index (χ2v) is 5.05. The molecular formula is C11H21NO. The van der Waals surface area contributed by atoms with Gasteiger partial charge in [-0.25, -0.2) is 0 Å². The van der Waals surface area contributed by atoms with Gasteiger partial charge in [-0.3, -0.25) is 0 Å². The number of hydrogen-bond acceptors (Lipinski definition) is 2. The third kappa shape index (κ3) is 2.23. The summed E-state index contributed by atoms with van der Waals surface area (Å²) in [7, 11) is 0. The summed E-state index contributed by atoms with van der Waals surface area (Å²) in [4.78, 5) is 0. The first kappa shape index (κ1) is 9.47. The summed E-state index contributed by atoms with van der Waals surface area (Å²) in [5, 5.41) is 0. The fraction of sp³-hybridized carbons (Fsp3) is 1.00. The molecule has 2 aliphatic rings. The molecule has 2 rings (SSSR count). The normalized spacial score (nSPS) is 30.0. The van der Waals surface area contributed by atoms with Gasteiger partial charge in [-0.1, -0.05) is 6.92 Å². The van der Waals surface area contributed by atoms with Crippen LogP contribution in [-0.2, 0) is 4.74 Å². The van der Waals surface area contributed by atoms with Crippen LogP contribution in [0.1, 0.15) is 39.0 Å². The largest absolute Gasteiger partial charge is 0.381 e. The average molecular weight is 183 g/mol. The highest BCUT2D eigenvalue weighted by atomic mass is 16.5. The molecule has 0 aromatic rings. The fourth-order valence-corrected chi connectivity index (χ4v) is 2.19. The van der Waals surface area contributed by atoms with Gasteiger partial charge in [0, 0.05) is 19.3 Å². The Morgan fingerprint density at radius 1 is 1.38 bits per heavy atom. The van der Waals surface area contributed by atoms with Crippen LogP contribution in [0.25, 0.3) is 0 Å². The third-order valence-electron chi connectivity index (χ3n) is 3.86. The second kappa shape index (κ2) is 3.58. The summed E-state index contributed by atoms with van der Waals surface area (Å²) in [5.41, 5.74) is 6.70. The summed E-state index contributed by atoms with van der Waals surface area (Å²) < 4.78 is 5.34. The summed E-state index contributed by atoms with van der Waals surface area (Å²) in [5.74, 6) is 0.834. The van der Waals surface area contributed by atoms with E-state index in [4.69, 9.17) is 10.5 Å². The predicted octanol–water partition coefficient (Wildman–Crippen LogP) is 1.93. The summed E-state index contributed by atoms with van der Waals surface area (Å²) in [6.07, 6.45) is 6.36. The first-order valence-corrected chi connectivity index (χ1v) is 5.54. The van der Waals surface area contributed by atoms with Gasteiger partial charge in [0.25, 0.3) is 0 Å². The van der Waals surface area contributed by atoms with E-state index in [1.807, 2.05) is 0 Å². The summed E-state index contributed by atoms with van der Waals surface area (Å²) in [6.45, 7) is 4.24. The van der Waals surface area contributed by atoms with Crippen LogP contribution in [0.4, 0.5) is 0 Å². The average Bonchev–Trinajstić information content (AvgIpc) is 2.87. The van der Waals surface area contributed by atoms with Crippen LogP contribution in [0.3, 0.4) is 0 Å². The van der Waals surface area contributed by atoms with Crippen molar-refractivity contribution >= 4 is 0 Å². The number of ether oxygens (including phenoxy) is 1. The Labute approximate surface area is 80.8 Å². The fourth-order valence-electron chi connectivity index (χ4n) is 2.19. The van der Waals surface area contributed by atoms with Gasteiger partial charge in [-0.05, 0) is 43.4 Å². The lowest BCUT2D eigenvalue weighted by molar-refractivity contribution is 0.0595. The van der Waals surface area contributed by atoms with Crippen LogP contribution in [0.15, 0.2) is 0 Å². The maximum absolute atomic E-state index is 6.20. The van der Waals surface area contributed by atoms with E-state index in [0.717, 1.165) is 19.1 Å². The highest BCUT2D eigenvalue weighted by Crippen LogP contribution is 2.49. The van der Waals surface area contributed by atoms with Crippen LogP contribution in [0.2, 0.25) is 0 Å². The Morgan fingerprint density at radius 2 is 2.00 bits per heavy atom. The van der Waals surface area contributed by atoms with Crippen molar-refractivity contribution in [2.75, 3.05) is 13.2 Å². The van der Waals surface area contributed by atoms with Gasteiger partial charge >= 0.3 is 0 Å². The molecule has 0 amide bonds. The van der Waals surface area contributed by atoms with Gasteiger partial charge in [-0.15, -0.1) is 0 Å². The molecule has 2 nitrogen and oxygen atoms in total. The lowest BCUT2D eigenvalue weighted by Crippen LogP contribution is -2.33. The van der Waals surface area contributed by atoms with E-state index in [2.05, 4.69) is 6.92 Å². The minimum atomic E-state index is 0.440. The standard InChI is InChI=1S/C11H21NO/c1-11(4-5-11)10(12)8-9-2-6-13-7-3-9/h9-10H,2-8,12H2,1H3. The van der Waals surface area contributed by atoms with Crippen molar-refractivity contribution in [3.05, 3.63) is 0 Å². The van der Waals surface area contributed by atoms with Crippen molar-refractivity contribution < 1.29 is 4.74 Å². The van der Waals surface area contributed by atoms with E-state index in [9.17, 15) is 0 Å². The van der Waals surface area contributed by atoms with Crippen LogP contribution >= 0.6 is 0 Å². The highest BCUT2D eigenvalue weighted by Gasteiger charge is 2.43. The molecular weight excluding hydrogens is 162 g/mol. The molecule has 2 heteroatoms. The molecule has 0 aromatic heterocycles. The van der Waals surface area contributed by atoms with Gasteiger partial charge < -0.3 is 10.5 Å². The molecule has 2 fully saturated rings. The molecule has 0 spiro atoms. The van der Waals surface area contributed by atoms with Crippen LogP contribution in [-0.4, -0.2) is 19.3 Å². The maximum atomic E-state index is 6.20. The Hall–Kier alpha value is -0.0800. The topological polar surface area (TPSA) is 35.2 Å². The number of nitrogens with two attached hydrogens (primary N) is 1. The summed E-state index contributed by atoms with van der Waals surface area (Å²) >= 11 is 0. The first-order chi connectivity index (χ1) is 6.21. The second-order valence-electron chi connectivity index (χ2n) is 5.05. The minimum absolute atomic E-state index is 0.440. The van der Waals surface area contributed by atoms with Crippen LogP contribution in [0, 0.1) is 11.3 Å². The molecule has 1 saturated heterocycles. The third-order valence-corrected chi connectivity index (χ3v) is 3.86. The van der Waals surface area contributed by atoms with E-state index >= 15 is 0 Å². The monoisotopic (exact) mass is 183 g/mol. The van der Waals surface area contributed by atoms with Gasteiger partial charge in [-0.2, -0.15) is 0 Å². The van der Waals surface area contributed by atoms with Gasteiger partial charge in [0.1, 0.15) is 0 Å². The Kier molecular flexibility index (Phi) is 2.61. The molecule has 1 aliphatic heterocycles. The number of rotatable bonds is 3. The maximum Gasteiger partial charge on any atom is 0.0468 e. The SMILES string of the molecule is CC1(C(N)CC2CCOCC2)CC1. The van der Waals surface area contributed by atoms with E-state index < -0.39 is 0 Å². The molecule has 1 unspecified atom stereocenters. The van der Waals surface area contributed by atoms with Crippen molar-refractivity contribution in [3.63, 3.8) is 0 Å². The first-order valence-electron chi connectivity index (χ1n) is 5.54. The van der Waals surface area contributed by atoms with Crippen LogP contribution in [0.5, 0.6) is 0 Å². The molecule has 1 atom stereocenters. The van der Waals surface area contributed by atoms with Crippen molar-refractivity contribution in [1.29, 1.82) is 0 Å². The van der Waals surface area contributed by atoms with E-state index in [-0.39, 0.29) is 0 Å². The zero-order valence-corrected chi connectivity index (χ0v) is 8.59. The molecule has 1 saturated carbocycles. The molecule has 76 valence electrons. The van der Waals surface area contributed by atoms with E-state index in [0.29, 0.717) is 11.5 Å². The van der Waals surface area contributed by atoms with Crippen molar-refractivity contribution in [1.82, 2.24) is 0 Å². The van der Waals surface area contributed by atoms with Gasteiger partial charge in [0.2, 0.25) is 0 Å². The molecule has 1 heterocycles. The summed E-state index contributed by atoms with van der Waals surface area (Å²) in [6, 6.07) is 0.440. The predicted molar refractivity (Wildman–Crippen MR) is 53.5 cm³/mol. The van der Waals surface area contributed by atoms with Crippen LogP contribution < -0.4 is 5.73 Å². The molecule has 13 heavy (non-hydrogen) atoms. The lowest BCUT2D eigenvalue weighted by Gasteiger charge is -2.27. The lowest BCUT2D eigenvalue weighted by atomic mass is 9.86. The quantitative estimate of drug-likeness (QED) is 0.725. The Bertz CT molecular complexity index is 171. The molecule has 2 N–H and O–H groups in total. The highest BCUT2D eigenvalue weighted by molar-refractivity contribution is 4.97. The minimum Gasteiger partial charge on any atom is -0.381 e. The molecule has 0 radical (unpaired) electrons. The molecule has 0 aromatic carbocycles. The molecule has 0 bridgehead atoms. The van der Waals surface area contributed by atoms with E-state index in [1.165, 1.54) is 32.1 Å². The zero-order valence-electron chi connectivity index (χ0n) is 8.59. The smallest absolute Gasteiger partial charge is 0.0468 e. The zero-order chi connectivity index (χ0) is 9.31. The van der Waals surface area contributed by atoms with Gasteiger partial charge in [0.15, 0.2) is 0 Å². The molecule has 1 aliphatic carbocycles.